The maximum absolute atomic E-state index is 13.9. The Hall–Kier alpha value is -1.58. The molecule has 2 N–H and O–H groups in total. The second kappa shape index (κ2) is 9.73. The molecule has 2 aromatic carbocycles. The van der Waals surface area contributed by atoms with Gasteiger partial charge in [0.1, 0.15) is 0 Å². The molecule has 0 amide bonds. The van der Waals surface area contributed by atoms with Crippen LogP contribution in [-0.4, -0.2) is 20.0 Å². The third kappa shape index (κ3) is 5.85. The summed E-state index contributed by atoms with van der Waals surface area (Å²) in [5, 5.41) is 8.37. The van der Waals surface area contributed by atoms with Gasteiger partial charge in [-0.25, -0.2) is 0 Å². The van der Waals surface area contributed by atoms with Gasteiger partial charge in [-0.3, -0.25) is 4.57 Å². The van der Waals surface area contributed by atoms with Crippen LogP contribution in [0, 0.1) is 0 Å². The Labute approximate surface area is 198 Å². The summed E-state index contributed by atoms with van der Waals surface area (Å²) >= 11 is 4.19. The van der Waals surface area contributed by atoms with Crippen molar-refractivity contribution in [2.75, 3.05) is 0 Å². The number of thioether (sulfide) groups is 1. The summed E-state index contributed by atoms with van der Waals surface area (Å²) in [5.41, 5.74) is -2.40. The average Bonchev–Trinajstić information content (AvgIpc) is 3.14. The molecule has 6 nitrogen and oxygen atoms in total. The molecule has 3 aromatic rings. The van der Waals surface area contributed by atoms with Crippen molar-refractivity contribution in [3.63, 3.8) is 0 Å². The minimum atomic E-state index is -5.64. The van der Waals surface area contributed by atoms with Crippen LogP contribution in [0.3, 0.4) is 0 Å². The van der Waals surface area contributed by atoms with E-state index >= 15 is 0 Å². The van der Waals surface area contributed by atoms with Crippen molar-refractivity contribution in [1.82, 2.24) is 10.2 Å². The Kier molecular flexibility index (Phi) is 8.11. The zero-order valence-corrected chi connectivity index (χ0v) is 20.1. The summed E-state index contributed by atoms with van der Waals surface area (Å²) in [7, 11) is -5.64. The fourth-order valence-corrected chi connectivity index (χ4v) is 4.74. The summed E-state index contributed by atoms with van der Waals surface area (Å²) in [4.78, 5) is 17.8. The monoisotopic (exact) mass is 548 g/mol. The first-order valence-corrected chi connectivity index (χ1v) is 12.5. The molecule has 1 heterocycles. The summed E-state index contributed by atoms with van der Waals surface area (Å²) < 4.78 is 44.5. The summed E-state index contributed by atoms with van der Waals surface area (Å²) in [6, 6.07) is 11.6. The Morgan fingerprint density at radius 2 is 1.72 bits per heavy atom. The van der Waals surface area contributed by atoms with E-state index in [1.807, 2.05) is 24.3 Å². The second-order valence-electron chi connectivity index (χ2n) is 7.89. The van der Waals surface area contributed by atoms with Crippen molar-refractivity contribution in [2.24, 2.45) is 0 Å². The molecule has 0 atom stereocenters. The van der Waals surface area contributed by atoms with E-state index in [1.165, 1.54) is 29.5 Å². The summed E-state index contributed by atoms with van der Waals surface area (Å²) in [5.74, 6) is 0.714. The van der Waals surface area contributed by atoms with Crippen LogP contribution >= 0.6 is 35.3 Å². The van der Waals surface area contributed by atoms with Crippen molar-refractivity contribution >= 4 is 35.3 Å². The summed E-state index contributed by atoms with van der Waals surface area (Å²) in [6.45, 7) is 6.38. The number of benzene rings is 2. The molecule has 0 spiro atoms. The Balaban J connectivity index is 0.00000363. The summed E-state index contributed by atoms with van der Waals surface area (Å²) in [6.07, 6.45) is 0. The quantitative estimate of drug-likeness (QED) is 0.254. The van der Waals surface area contributed by atoms with Crippen LogP contribution in [0.5, 0.6) is 0 Å². The molecule has 32 heavy (non-hydrogen) atoms. The van der Waals surface area contributed by atoms with Gasteiger partial charge in [-0.2, -0.15) is 8.78 Å². The minimum absolute atomic E-state index is 0. The SMILES string of the molecule is C.CC(C)(C)c1ccc(-c2nnc(SCc3ccc(C(F)(F)P(=O)(O)O)c(Br)c3)o2)cc1. The number of alkyl halides is 2. The van der Waals surface area contributed by atoms with Crippen LogP contribution in [0.4, 0.5) is 8.78 Å². The molecule has 0 fully saturated rings. The molecule has 0 radical (unpaired) electrons. The van der Waals surface area contributed by atoms with Gasteiger partial charge >= 0.3 is 13.3 Å². The van der Waals surface area contributed by atoms with Crippen LogP contribution in [0.25, 0.3) is 11.5 Å². The normalized spacial score (nSPS) is 12.5. The topological polar surface area (TPSA) is 96.5 Å². The third-order valence-electron chi connectivity index (χ3n) is 4.49. The first-order valence-electron chi connectivity index (χ1n) is 9.08. The van der Waals surface area contributed by atoms with E-state index in [1.54, 1.807) is 0 Å². The van der Waals surface area contributed by atoms with Crippen LogP contribution < -0.4 is 0 Å². The van der Waals surface area contributed by atoms with E-state index in [4.69, 9.17) is 14.2 Å². The van der Waals surface area contributed by atoms with Crippen LogP contribution in [0.15, 0.2) is 56.6 Å². The molecule has 0 bridgehead atoms. The van der Waals surface area contributed by atoms with E-state index in [2.05, 4.69) is 46.9 Å². The van der Waals surface area contributed by atoms with Crippen molar-refractivity contribution in [1.29, 1.82) is 0 Å². The molecule has 0 saturated heterocycles. The van der Waals surface area contributed by atoms with Crippen LogP contribution in [0.2, 0.25) is 0 Å². The zero-order valence-electron chi connectivity index (χ0n) is 16.8. The van der Waals surface area contributed by atoms with E-state index in [-0.39, 0.29) is 17.3 Å². The lowest BCUT2D eigenvalue weighted by Gasteiger charge is -2.19. The fourth-order valence-electron chi connectivity index (χ4n) is 2.69. The molecule has 0 aliphatic heterocycles. The van der Waals surface area contributed by atoms with Gasteiger partial charge in [0.25, 0.3) is 5.22 Å². The number of nitrogens with zero attached hydrogens (tertiary/aromatic N) is 2. The molecule has 174 valence electrons. The highest BCUT2D eigenvalue weighted by Gasteiger charge is 2.51. The van der Waals surface area contributed by atoms with Gasteiger partial charge in [-0.15, -0.1) is 10.2 Å². The first kappa shape index (κ1) is 26.7. The molecular weight excluding hydrogens is 525 g/mol. The maximum atomic E-state index is 13.9. The van der Waals surface area contributed by atoms with Crippen molar-refractivity contribution in [3.05, 3.63) is 63.6 Å². The van der Waals surface area contributed by atoms with Crippen LogP contribution in [0.1, 0.15) is 44.9 Å². The molecule has 1 aromatic heterocycles. The predicted octanol–water partition coefficient (Wildman–Crippen LogP) is 6.95. The Morgan fingerprint density at radius 1 is 1.09 bits per heavy atom. The zero-order chi connectivity index (χ0) is 23.0. The highest BCUT2D eigenvalue weighted by molar-refractivity contribution is 9.10. The Morgan fingerprint density at radius 3 is 2.25 bits per heavy atom. The smallest absolute Gasteiger partial charge is 0.399 e. The van der Waals surface area contributed by atoms with E-state index in [0.29, 0.717) is 22.4 Å². The third-order valence-corrected chi connectivity index (χ3v) is 7.01. The molecule has 0 unspecified atom stereocenters. The van der Waals surface area contributed by atoms with Crippen molar-refractivity contribution in [3.8, 4) is 11.5 Å². The number of halogens is 3. The largest absolute Gasteiger partial charge is 0.411 e. The van der Waals surface area contributed by atoms with Gasteiger partial charge in [0.2, 0.25) is 5.89 Å². The lowest BCUT2D eigenvalue weighted by atomic mass is 9.87. The van der Waals surface area contributed by atoms with Crippen molar-refractivity contribution < 1.29 is 27.5 Å². The van der Waals surface area contributed by atoms with Crippen LogP contribution in [-0.2, 0) is 21.4 Å². The maximum Gasteiger partial charge on any atom is 0.399 e. The minimum Gasteiger partial charge on any atom is -0.411 e. The van der Waals surface area contributed by atoms with Gasteiger partial charge in [0, 0.05) is 21.4 Å². The number of hydrogen-bond acceptors (Lipinski definition) is 5. The van der Waals surface area contributed by atoms with Gasteiger partial charge in [0.05, 0.1) is 0 Å². The Bertz CT molecular complexity index is 1130. The highest BCUT2D eigenvalue weighted by atomic mass is 79.9. The highest BCUT2D eigenvalue weighted by Crippen LogP contribution is 2.60. The second-order valence-corrected chi connectivity index (χ2v) is 11.3. The molecular formula is C21H24BrF2N2O4PS. The molecule has 0 aliphatic carbocycles. The van der Waals surface area contributed by atoms with Gasteiger partial charge < -0.3 is 14.2 Å². The lowest BCUT2D eigenvalue weighted by molar-refractivity contribution is 0.0557. The van der Waals surface area contributed by atoms with E-state index < -0.39 is 18.8 Å². The van der Waals surface area contributed by atoms with Gasteiger partial charge in [0.15, 0.2) is 0 Å². The molecule has 0 aliphatic rings. The number of rotatable bonds is 6. The van der Waals surface area contributed by atoms with Gasteiger partial charge in [-0.1, -0.05) is 80.2 Å². The average molecular weight is 549 g/mol. The van der Waals surface area contributed by atoms with E-state index in [9.17, 15) is 13.3 Å². The fraction of sp³-hybridized carbons (Fsp3) is 0.333. The first-order chi connectivity index (χ1) is 14.3. The molecule has 11 heteroatoms. The number of aromatic nitrogens is 2. The lowest BCUT2D eigenvalue weighted by Crippen LogP contribution is -2.14. The molecule has 0 saturated carbocycles. The predicted molar refractivity (Wildman–Crippen MR) is 125 cm³/mol. The number of hydrogen-bond donors (Lipinski definition) is 2. The standard InChI is InChI=1S/C20H20BrF2N2O4PS.CH4/c1-19(2,3)14-7-5-13(6-8-14)17-24-25-18(29-17)31-11-12-4-9-15(16(21)10-12)20(22,23)30(26,27)28;/h4-10H,11H2,1-3H3,(H2,26,27,28);1H4. The molecule has 3 rings (SSSR count). The van der Waals surface area contributed by atoms with E-state index in [0.717, 1.165) is 11.6 Å². The van der Waals surface area contributed by atoms with Gasteiger partial charge in [-0.05, 0) is 34.7 Å². The van der Waals surface area contributed by atoms with Crippen molar-refractivity contribution in [2.45, 2.75) is 50.3 Å².